The second-order valence-electron chi connectivity index (χ2n) is 4.58. The predicted molar refractivity (Wildman–Crippen MR) is 77.8 cm³/mol. The van der Waals surface area contributed by atoms with Gasteiger partial charge >= 0.3 is 0 Å². The molecule has 2 aromatic heterocycles. The molecule has 1 aromatic carbocycles. The zero-order valence-corrected chi connectivity index (χ0v) is 11.6. The summed E-state index contributed by atoms with van der Waals surface area (Å²) in [5, 5.41) is 1.21. The lowest BCUT2D eigenvalue weighted by atomic mass is 10.2. The minimum atomic E-state index is -0.541. The molecule has 2 heterocycles. The number of hydrogen-bond donors (Lipinski definition) is 1. The van der Waals surface area contributed by atoms with Crippen LogP contribution in [0.1, 0.15) is 16.3 Å². The highest BCUT2D eigenvalue weighted by atomic mass is 35.5. The Morgan fingerprint density at radius 3 is 2.80 bits per heavy atom. The van der Waals surface area contributed by atoms with Crippen molar-refractivity contribution < 1.29 is 4.79 Å². The summed E-state index contributed by atoms with van der Waals surface area (Å²) >= 11 is 6.29. The van der Waals surface area contributed by atoms with Gasteiger partial charge < -0.3 is 14.9 Å². The SMILES string of the molecule is Cn1ccnc1Cn1c(C(N)=O)c(Cl)c2ccccc21. The van der Waals surface area contributed by atoms with Gasteiger partial charge in [-0.05, 0) is 6.07 Å². The number of benzene rings is 1. The summed E-state index contributed by atoms with van der Waals surface area (Å²) in [4.78, 5) is 16.0. The van der Waals surface area contributed by atoms with E-state index in [0.717, 1.165) is 16.7 Å². The third-order valence-corrected chi connectivity index (χ3v) is 3.75. The van der Waals surface area contributed by atoms with Crippen molar-refractivity contribution in [2.24, 2.45) is 12.8 Å². The van der Waals surface area contributed by atoms with Crippen LogP contribution in [-0.2, 0) is 13.6 Å². The average molecular weight is 289 g/mol. The fraction of sp³-hybridized carbons (Fsp3) is 0.143. The van der Waals surface area contributed by atoms with Gasteiger partial charge in [0, 0.05) is 24.8 Å². The van der Waals surface area contributed by atoms with Crippen molar-refractivity contribution in [1.29, 1.82) is 0 Å². The maximum atomic E-state index is 11.7. The third kappa shape index (κ3) is 1.87. The van der Waals surface area contributed by atoms with E-state index >= 15 is 0 Å². The van der Waals surface area contributed by atoms with E-state index in [1.54, 1.807) is 6.20 Å². The zero-order valence-electron chi connectivity index (χ0n) is 10.9. The van der Waals surface area contributed by atoms with E-state index in [2.05, 4.69) is 4.98 Å². The summed E-state index contributed by atoms with van der Waals surface area (Å²) in [7, 11) is 1.90. The molecule has 0 saturated carbocycles. The minimum Gasteiger partial charge on any atom is -0.364 e. The molecular weight excluding hydrogens is 276 g/mol. The molecule has 0 aliphatic rings. The normalized spacial score (nSPS) is 11.1. The molecule has 3 rings (SSSR count). The number of imidazole rings is 1. The molecule has 0 saturated heterocycles. The maximum absolute atomic E-state index is 11.7. The molecule has 20 heavy (non-hydrogen) atoms. The van der Waals surface area contributed by atoms with Gasteiger partial charge in [-0.15, -0.1) is 0 Å². The summed E-state index contributed by atoms with van der Waals surface area (Å²) in [5.74, 6) is 0.283. The molecule has 0 aliphatic carbocycles. The van der Waals surface area contributed by atoms with Crippen molar-refractivity contribution in [3.63, 3.8) is 0 Å². The Morgan fingerprint density at radius 1 is 1.40 bits per heavy atom. The van der Waals surface area contributed by atoms with Crippen LogP contribution in [0.25, 0.3) is 10.9 Å². The first-order chi connectivity index (χ1) is 9.59. The van der Waals surface area contributed by atoms with Crippen LogP contribution in [0.3, 0.4) is 0 Å². The first-order valence-electron chi connectivity index (χ1n) is 6.12. The highest BCUT2D eigenvalue weighted by Gasteiger charge is 2.20. The number of fused-ring (bicyclic) bond motifs is 1. The molecule has 3 aromatic rings. The Balaban J connectivity index is 2.25. The van der Waals surface area contributed by atoms with Crippen LogP contribution in [0.4, 0.5) is 0 Å². The number of amides is 1. The van der Waals surface area contributed by atoms with Gasteiger partial charge in [-0.2, -0.15) is 0 Å². The number of halogens is 1. The highest BCUT2D eigenvalue weighted by Crippen LogP contribution is 2.30. The second kappa shape index (κ2) is 4.68. The van der Waals surface area contributed by atoms with Crippen LogP contribution in [0, 0.1) is 0 Å². The van der Waals surface area contributed by atoms with E-state index in [1.807, 2.05) is 46.6 Å². The molecule has 5 nitrogen and oxygen atoms in total. The Labute approximate surface area is 120 Å². The van der Waals surface area contributed by atoms with E-state index in [4.69, 9.17) is 17.3 Å². The van der Waals surface area contributed by atoms with E-state index in [9.17, 15) is 4.79 Å². The van der Waals surface area contributed by atoms with E-state index in [0.29, 0.717) is 17.3 Å². The molecule has 0 spiro atoms. The maximum Gasteiger partial charge on any atom is 0.266 e. The molecule has 102 valence electrons. The molecule has 0 atom stereocenters. The van der Waals surface area contributed by atoms with Crippen molar-refractivity contribution in [1.82, 2.24) is 14.1 Å². The average Bonchev–Trinajstić information content (AvgIpc) is 2.94. The van der Waals surface area contributed by atoms with Gasteiger partial charge in [0.2, 0.25) is 0 Å². The van der Waals surface area contributed by atoms with Crippen LogP contribution in [0.2, 0.25) is 5.02 Å². The van der Waals surface area contributed by atoms with E-state index in [-0.39, 0.29) is 0 Å². The number of nitrogens with zero attached hydrogens (tertiary/aromatic N) is 3. The smallest absolute Gasteiger partial charge is 0.266 e. The monoisotopic (exact) mass is 288 g/mol. The molecule has 1 amide bonds. The fourth-order valence-corrected chi connectivity index (χ4v) is 2.71. The van der Waals surface area contributed by atoms with E-state index in [1.165, 1.54) is 0 Å². The molecule has 0 unspecified atom stereocenters. The fourth-order valence-electron chi connectivity index (χ4n) is 2.36. The van der Waals surface area contributed by atoms with Gasteiger partial charge in [0.15, 0.2) is 0 Å². The van der Waals surface area contributed by atoms with Crippen molar-refractivity contribution in [3.05, 3.63) is 53.2 Å². The number of hydrogen-bond acceptors (Lipinski definition) is 2. The zero-order chi connectivity index (χ0) is 14.3. The first kappa shape index (κ1) is 12.7. The third-order valence-electron chi connectivity index (χ3n) is 3.36. The van der Waals surface area contributed by atoms with Gasteiger partial charge in [-0.1, -0.05) is 29.8 Å². The van der Waals surface area contributed by atoms with Crippen LogP contribution >= 0.6 is 11.6 Å². The van der Waals surface area contributed by atoms with Gasteiger partial charge in [-0.3, -0.25) is 4.79 Å². The van der Waals surface area contributed by atoms with Crippen LogP contribution in [0.5, 0.6) is 0 Å². The van der Waals surface area contributed by atoms with Crippen LogP contribution in [-0.4, -0.2) is 20.0 Å². The summed E-state index contributed by atoms with van der Waals surface area (Å²) in [6.45, 7) is 0.439. The first-order valence-corrected chi connectivity index (χ1v) is 6.50. The summed E-state index contributed by atoms with van der Waals surface area (Å²) in [5.41, 5.74) is 6.66. The topological polar surface area (TPSA) is 65.8 Å². The number of carbonyl (C=O) groups excluding carboxylic acids is 1. The number of rotatable bonds is 3. The van der Waals surface area contributed by atoms with Gasteiger partial charge in [-0.25, -0.2) is 4.98 Å². The number of aromatic nitrogens is 3. The predicted octanol–water partition coefficient (Wildman–Crippen LogP) is 2.18. The Hall–Kier alpha value is -2.27. The quantitative estimate of drug-likeness (QED) is 0.803. The molecule has 0 aliphatic heterocycles. The Kier molecular flexibility index (Phi) is 2.99. The summed E-state index contributed by atoms with van der Waals surface area (Å²) in [6, 6.07) is 7.57. The molecular formula is C14H13ClN4O. The van der Waals surface area contributed by atoms with Crippen molar-refractivity contribution >= 4 is 28.4 Å². The number of para-hydroxylation sites is 1. The standard InChI is InChI=1S/C14H13ClN4O/c1-18-7-6-17-11(18)8-19-10-5-3-2-4-9(10)12(15)13(19)14(16)20/h2-7H,8H2,1H3,(H2,16,20). The molecule has 0 fully saturated rings. The molecule has 6 heteroatoms. The molecule has 0 bridgehead atoms. The lowest BCUT2D eigenvalue weighted by Crippen LogP contribution is -2.18. The lowest BCUT2D eigenvalue weighted by molar-refractivity contribution is 0.0992. The van der Waals surface area contributed by atoms with E-state index < -0.39 is 5.91 Å². The molecule has 0 radical (unpaired) electrons. The van der Waals surface area contributed by atoms with Crippen LogP contribution in [0.15, 0.2) is 36.7 Å². The largest absolute Gasteiger partial charge is 0.364 e. The van der Waals surface area contributed by atoms with Crippen molar-refractivity contribution in [2.75, 3.05) is 0 Å². The number of carbonyl (C=O) groups is 1. The highest BCUT2D eigenvalue weighted by molar-refractivity contribution is 6.38. The minimum absolute atomic E-state index is 0.316. The van der Waals surface area contributed by atoms with Crippen LogP contribution < -0.4 is 5.73 Å². The van der Waals surface area contributed by atoms with Crippen molar-refractivity contribution in [3.8, 4) is 0 Å². The number of primary amides is 1. The summed E-state index contributed by atoms with van der Waals surface area (Å²) < 4.78 is 3.70. The van der Waals surface area contributed by atoms with Crippen molar-refractivity contribution in [2.45, 2.75) is 6.54 Å². The summed E-state index contributed by atoms with van der Waals surface area (Å²) in [6.07, 6.45) is 3.57. The van der Waals surface area contributed by atoms with Gasteiger partial charge in [0.05, 0.1) is 17.1 Å². The molecule has 2 N–H and O–H groups in total. The Morgan fingerprint density at radius 2 is 2.15 bits per heavy atom. The number of nitrogens with two attached hydrogens (primary N) is 1. The Bertz CT molecular complexity index is 803. The number of aryl methyl sites for hydroxylation is 1. The van der Waals surface area contributed by atoms with Gasteiger partial charge in [0.1, 0.15) is 11.5 Å². The second-order valence-corrected chi connectivity index (χ2v) is 4.96. The lowest BCUT2D eigenvalue weighted by Gasteiger charge is -2.08. The van der Waals surface area contributed by atoms with Gasteiger partial charge in [0.25, 0.3) is 5.91 Å².